The third-order valence-corrected chi connectivity index (χ3v) is 5.77. The van der Waals surface area contributed by atoms with Crippen LogP contribution in [-0.4, -0.2) is 40.0 Å². The quantitative estimate of drug-likeness (QED) is 0.703. The van der Waals surface area contributed by atoms with E-state index in [0.29, 0.717) is 25.1 Å². The summed E-state index contributed by atoms with van der Waals surface area (Å²) in [6.45, 7) is 4.85. The van der Waals surface area contributed by atoms with Crippen LogP contribution in [0.25, 0.3) is 11.1 Å². The van der Waals surface area contributed by atoms with Crippen molar-refractivity contribution >= 4 is 18.2 Å². The Morgan fingerprint density at radius 3 is 2.53 bits per heavy atom. The minimum absolute atomic E-state index is 0.0888. The van der Waals surface area contributed by atoms with E-state index in [0.717, 1.165) is 47.4 Å². The van der Waals surface area contributed by atoms with Gasteiger partial charge in [0.25, 0.3) is 6.47 Å². The van der Waals surface area contributed by atoms with Crippen LogP contribution in [0.1, 0.15) is 49.9 Å². The lowest BCUT2D eigenvalue weighted by molar-refractivity contribution is -0.139. The first-order valence-corrected chi connectivity index (χ1v) is 10.7. The van der Waals surface area contributed by atoms with Gasteiger partial charge in [-0.05, 0) is 44.4 Å². The van der Waals surface area contributed by atoms with E-state index >= 15 is 0 Å². The number of aromatic nitrogens is 1. The van der Waals surface area contributed by atoms with Crippen LogP contribution in [0.5, 0.6) is 5.75 Å². The van der Waals surface area contributed by atoms with E-state index in [-0.39, 0.29) is 30.2 Å². The highest BCUT2D eigenvalue weighted by molar-refractivity contribution is 5.83. The lowest BCUT2D eigenvalue weighted by atomic mass is 9.83. The maximum atomic E-state index is 12.8. The number of nitrogen functional groups attached to an aromatic ring is 1. The van der Waals surface area contributed by atoms with Gasteiger partial charge in [0.05, 0.1) is 11.8 Å². The second kappa shape index (κ2) is 10.1. The molecule has 2 heterocycles. The molecule has 0 unspecified atom stereocenters. The zero-order chi connectivity index (χ0) is 23.3. The Morgan fingerprint density at radius 2 is 2.00 bits per heavy atom. The van der Waals surface area contributed by atoms with Crippen LogP contribution in [0.4, 0.5) is 5.82 Å². The van der Waals surface area contributed by atoms with Crippen molar-refractivity contribution < 1.29 is 19.4 Å². The average molecular weight is 437 g/mol. The van der Waals surface area contributed by atoms with Crippen molar-refractivity contribution in [3.63, 3.8) is 0 Å². The molecular weight excluding hydrogens is 408 g/mol. The molecule has 1 aromatic carbocycles. The largest absolute Gasteiger partial charge is 0.491 e. The number of carboxylic acid groups (broad SMARTS) is 1. The molecule has 0 atom stereocenters. The Hall–Kier alpha value is -3.60. The van der Waals surface area contributed by atoms with Crippen molar-refractivity contribution in [1.29, 1.82) is 5.26 Å². The van der Waals surface area contributed by atoms with Crippen molar-refractivity contribution in [2.24, 2.45) is 5.92 Å². The molecule has 0 bridgehead atoms. The number of nitrogens with two attached hydrogens (primary N) is 1. The molecule has 1 saturated carbocycles. The standard InChI is InChI=1S/C23H26N4O2.CH2O2/c1-14(2)29-17-8-6-15(7-9-17)21-18(12-24)22(25)26-20-10-11-27(13-19(20)21)23(28)16-4-3-5-16;2-1-3/h6-9,14,16H,3-5,10-11,13H2,1-2H3,(H2,25,26);1H,(H,2,3). The van der Waals surface area contributed by atoms with Gasteiger partial charge in [-0.1, -0.05) is 18.6 Å². The first kappa shape index (κ1) is 23.1. The Morgan fingerprint density at radius 1 is 1.34 bits per heavy atom. The summed E-state index contributed by atoms with van der Waals surface area (Å²) >= 11 is 0. The molecule has 3 N–H and O–H groups in total. The van der Waals surface area contributed by atoms with Crippen molar-refractivity contribution in [3.05, 3.63) is 41.1 Å². The first-order valence-electron chi connectivity index (χ1n) is 10.7. The zero-order valence-corrected chi connectivity index (χ0v) is 18.4. The van der Waals surface area contributed by atoms with E-state index in [1.807, 2.05) is 43.0 Å². The van der Waals surface area contributed by atoms with E-state index in [1.165, 1.54) is 0 Å². The highest BCUT2D eigenvalue weighted by Gasteiger charge is 2.33. The maximum Gasteiger partial charge on any atom is 0.290 e. The smallest absolute Gasteiger partial charge is 0.290 e. The Bertz CT molecular complexity index is 1020. The summed E-state index contributed by atoms with van der Waals surface area (Å²) in [7, 11) is 0. The van der Waals surface area contributed by atoms with Crippen molar-refractivity contribution in [2.75, 3.05) is 12.3 Å². The van der Waals surface area contributed by atoms with Gasteiger partial charge in [-0.15, -0.1) is 0 Å². The predicted octanol–water partition coefficient (Wildman–Crippen LogP) is 3.38. The van der Waals surface area contributed by atoms with Gasteiger partial charge in [0, 0.05) is 36.6 Å². The third-order valence-electron chi connectivity index (χ3n) is 5.77. The molecule has 0 spiro atoms. The molecule has 1 amide bonds. The lowest BCUT2D eigenvalue weighted by Gasteiger charge is -2.35. The van der Waals surface area contributed by atoms with Gasteiger partial charge >= 0.3 is 0 Å². The van der Waals surface area contributed by atoms with Gasteiger partial charge in [0.15, 0.2) is 0 Å². The van der Waals surface area contributed by atoms with Gasteiger partial charge in [-0.2, -0.15) is 5.26 Å². The Balaban J connectivity index is 0.000000913. The fourth-order valence-electron chi connectivity index (χ4n) is 4.09. The van der Waals surface area contributed by atoms with E-state index < -0.39 is 0 Å². The number of benzene rings is 1. The highest BCUT2D eigenvalue weighted by atomic mass is 16.5. The highest BCUT2D eigenvalue weighted by Crippen LogP contribution is 2.37. The van der Waals surface area contributed by atoms with E-state index in [4.69, 9.17) is 20.4 Å². The number of anilines is 1. The average Bonchev–Trinajstić information content (AvgIpc) is 2.72. The summed E-state index contributed by atoms with van der Waals surface area (Å²) in [6, 6.07) is 9.92. The normalized spacial score (nSPS) is 15.0. The number of nitriles is 1. The molecule has 2 aromatic rings. The number of ether oxygens (including phenoxy) is 1. The SMILES string of the molecule is CC(C)Oc1ccc(-c2c(C#N)c(N)nc3c2CN(C(=O)C2CCC2)CC3)cc1.O=CO. The molecule has 1 fully saturated rings. The molecule has 1 aromatic heterocycles. The van der Waals surface area contributed by atoms with Crippen LogP contribution in [0.2, 0.25) is 0 Å². The molecule has 168 valence electrons. The van der Waals surface area contributed by atoms with E-state index in [2.05, 4.69) is 11.1 Å². The summed E-state index contributed by atoms with van der Waals surface area (Å²) < 4.78 is 5.74. The number of pyridine rings is 1. The van der Waals surface area contributed by atoms with Crippen molar-refractivity contribution in [3.8, 4) is 22.9 Å². The Labute approximate surface area is 187 Å². The van der Waals surface area contributed by atoms with Gasteiger partial charge in [0.1, 0.15) is 23.2 Å². The van der Waals surface area contributed by atoms with Crippen LogP contribution in [-0.2, 0) is 22.6 Å². The number of nitrogens with zero attached hydrogens (tertiary/aromatic N) is 3. The Kier molecular flexibility index (Phi) is 7.31. The second-order valence-electron chi connectivity index (χ2n) is 8.22. The molecule has 32 heavy (non-hydrogen) atoms. The molecule has 1 aliphatic carbocycles. The number of fused-ring (bicyclic) bond motifs is 1. The zero-order valence-electron chi connectivity index (χ0n) is 18.4. The van der Waals surface area contributed by atoms with E-state index in [1.54, 1.807) is 0 Å². The fraction of sp³-hybridized carbons (Fsp3) is 0.417. The number of carbonyl (C=O) groups is 2. The minimum Gasteiger partial charge on any atom is -0.491 e. The first-order chi connectivity index (χ1) is 15.4. The molecule has 2 aliphatic rings. The van der Waals surface area contributed by atoms with Crippen LogP contribution >= 0.6 is 0 Å². The summed E-state index contributed by atoms with van der Waals surface area (Å²) in [5.41, 5.74) is 10.00. The topological polar surface area (TPSA) is 130 Å². The van der Waals surface area contributed by atoms with E-state index in [9.17, 15) is 10.1 Å². The molecule has 1 aliphatic heterocycles. The van der Waals surface area contributed by atoms with Crippen LogP contribution in [0.15, 0.2) is 24.3 Å². The molecule has 8 nitrogen and oxygen atoms in total. The number of hydrogen-bond donors (Lipinski definition) is 2. The van der Waals surface area contributed by atoms with Crippen molar-refractivity contribution in [1.82, 2.24) is 9.88 Å². The fourth-order valence-corrected chi connectivity index (χ4v) is 4.09. The molecular formula is C24H28N4O4. The maximum absolute atomic E-state index is 12.8. The number of amides is 1. The van der Waals surface area contributed by atoms with Gasteiger partial charge in [-0.3, -0.25) is 9.59 Å². The second-order valence-corrected chi connectivity index (χ2v) is 8.22. The third kappa shape index (κ3) is 4.83. The van der Waals surface area contributed by atoms with Gasteiger partial charge in [0.2, 0.25) is 5.91 Å². The minimum atomic E-state index is -0.250. The van der Waals surface area contributed by atoms with Crippen LogP contribution in [0.3, 0.4) is 0 Å². The number of rotatable bonds is 4. The van der Waals surface area contributed by atoms with Crippen LogP contribution in [0, 0.1) is 17.2 Å². The molecule has 0 saturated heterocycles. The summed E-state index contributed by atoms with van der Waals surface area (Å²) in [6.07, 6.45) is 3.84. The monoisotopic (exact) mass is 436 g/mol. The predicted molar refractivity (Wildman–Crippen MR) is 120 cm³/mol. The van der Waals surface area contributed by atoms with Crippen molar-refractivity contribution in [2.45, 2.75) is 52.2 Å². The van der Waals surface area contributed by atoms with Gasteiger partial charge in [-0.25, -0.2) is 4.98 Å². The van der Waals surface area contributed by atoms with Crippen LogP contribution < -0.4 is 10.5 Å². The number of hydrogen-bond acceptors (Lipinski definition) is 6. The van der Waals surface area contributed by atoms with Gasteiger partial charge < -0.3 is 20.5 Å². The lowest BCUT2D eigenvalue weighted by Crippen LogP contribution is -2.42. The molecule has 0 radical (unpaired) electrons. The molecule has 4 rings (SSSR count). The number of carbonyl (C=O) groups excluding carboxylic acids is 1. The summed E-state index contributed by atoms with van der Waals surface area (Å²) in [5.74, 6) is 1.41. The summed E-state index contributed by atoms with van der Waals surface area (Å²) in [5, 5.41) is 16.7. The summed E-state index contributed by atoms with van der Waals surface area (Å²) in [4.78, 5) is 27.6. The molecule has 8 heteroatoms.